The van der Waals surface area contributed by atoms with Crippen LogP contribution in [-0.2, 0) is 9.84 Å². The number of sulfone groups is 1. The molecule has 4 rings (SSSR count). The fourth-order valence-electron chi connectivity index (χ4n) is 3.83. The quantitative estimate of drug-likeness (QED) is 0.810. The molecule has 0 N–H and O–H groups in total. The second-order valence-electron chi connectivity index (χ2n) is 6.33. The number of hydrogen-bond donors (Lipinski definition) is 0. The lowest BCUT2D eigenvalue weighted by atomic mass is 9.79. The third-order valence-corrected chi connectivity index (χ3v) is 7.60. The Kier molecular flexibility index (Phi) is 3.01. The Morgan fingerprint density at radius 3 is 3.00 bits per heavy atom. The van der Waals surface area contributed by atoms with Crippen molar-refractivity contribution in [3.63, 3.8) is 0 Å². The molecule has 21 heavy (non-hydrogen) atoms. The second kappa shape index (κ2) is 4.68. The summed E-state index contributed by atoms with van der Waals surface area (Å²) in [5.41, 5.74) is 2.23. The van der Waals surface area contributed by atoms with Crippen molar-refractivity contribution in [3.05, 3.63) is 23.7 Å². The molecule has 1 atom stereocenters. The van der Waals surface area contributed by atoms with E-state index in [1.54, 1.807) is 11.3 Å². The molecule has 1 spiro atoms. The first kappa shape index (κ1) is 13.5. The Balaban J connectivity index is 1.69. The van der Waals surface area contributed by atoms with Gasteiger partial charge < -0.3 is 4.90 Å². The largest absolute Gasteiger partial charge is 0.370 e. The van der Waals surface area contributed by atoms with Crippen LogP contribution < -0.4 is 4.90 Å². The maximum atomic E-state index is 11.9. The Labute approximate surface area is 128 Å². The number of hydrogen-bond acceptors (Lipinski definition) is 5. The van der Waals surface area contributed by atoms with Crippen molar-refractivity contribution in [1.29, 1.82) is 0 Å². The molecule has 2 aromatic heterocycles. The minimum absolute atomic E-state index is 0.0239. The molecular formula is C15H18N2O2S2. The van der Waals surface area contributed by atoms with E-state index < -0.39 is 9.84 Å². The van der Waals surface area contributed by atoms with Gasteiger partial charge in [0.05, 0.1) is 27.4 Å². The fraction of sp³-hybridized carbons (Fsp3) is 0.533. The van der Waals surface area contributed by atoms with Gasteiger partial charge in [0.1, 0.15) is 0 Å². The Hall–Kier alpha value is -1.14. The van der Waals surface area contributed by atoms with Gasteiger partial charge in [-0.2, -0.15) is 0 Å². The average Bonchev–Trinajstić information content (AvgIpc) is 3.03. The smallest absolute Gasteiger partial charge is 0.150 e. The molecule has 0 amide bonds. The number of rotatable bonds is 1. The van der Waals surface area contributed by atoms with E-state index in [9.17, 15) is 8.42 Å². The van der Waals surface area contributed by atoms with E-state index in [1.165, 1.54) is 10.4 Å². The van der Waals surface area contributed by atoms with Gasteiger partial charge >= 0.3 is 0 Å². The van der Waals surface area contributed by atoms with Crippen LogP contribution in [-0.4, -0.2) is 38.0 Å². The lowest BCUT2D eigenvalue weighted by Crippen LogP contribution is -2.44. The van der Waals surface area contributed by atoms with Crippen molar-refractivity contribution >= 4 is 37.1 Å². The maximum Gasteiger partial charge on any atom is 0.150 e. The SMILES string of the molecule is O=S1(=O)CCC2(CCCN(c3ccnc4ccsc34)C2)C1. The highest BCUT2D eigenvalue weighted by atomic mass is 32.2. The number of piperidine rings is 1. The van der Waals surface area contributed by atoms with Crippen LogP contribution in [0.25, 0.3) is 10.2 Å². The molecule has 112 valence electrons. The van der Waals surface area contributed by atoms with E-state index in [2.05, 4.69) is 21.3 Å². The van der Waals surface area contributed by atoms with Gasteiger partial charge in [0.15, 0.2) is 9.84 Å². The van der Waals surface area contributed by atoms with Gasteiger partial charge in [0, 0.05) is 24.7 Å². The number of thiophene rings is 1. The molecular weight excluding hydrogens is 304 g/mol. The predicted molar refractivity (Wildman–Crippen MR) is 86.8 cm³/mol. The molecule has 4 nitrogen and oxygen atoms in total. The van der Waals surface area contributed by atoms with Crippen LogP contribution in [0.4, 0.5) is 5.69 Å². The molecule has 0 aromatic carbocycles. The third-order valence-electron chi connectivity index (χ3n) is 4.79. The van der Waals surface area contributed by atoms with E-state index >= 15 is 0 Å². The molecule has 2 aliphatic heterocycles. The molecule has 0 radical (unpaired) electrons. The standard InChI is InChI=1S/C15H18N2O2S2/c18-21(19)9-5-15(11-21)4-1-7-17(10-15)13-2-6-16-12-3-8-20-14(12)13/h2-3,6,8H,1,4-5,7,9-11H2. The topological polar surface area (TPSA) is 50.3 Å². The monoisotopic (exact) mass is 322 g/mol. The third kappa shape index (κ3) is 2.34. The number of nitrogens with zero attached hydrogens (tertiary/aromatic N) is 2. The Morgan fingerprint density at radius 1 is 1.29 bits per heavy atom. The van der Waals surface area contributed by atoms with Crippen molar-refractivity contribution < 1.29 is 8.42 Å². The van der Waals surface area contributed by atoms with E-state index in [0.29, 0.717) is 11.5 Å². The minimum atomic E-state index is -2.83. The van der Waals surface area contributed by atoms with Crippen molar-refractivity contribution in [2.24, 2.45) is 5.41 Å². The van der Waals surface area contributed by atoms with Crippen molar-refractivity contribution in [2.45, 2.75) is 19.3 Å². The summed E-state index contributed by atoms with van der Waals surface area (Å²) >= 11 is 1.72. The van der Waals surface area contributed by atoms with Gasteiger partial charge in [-0.05, 0) is 36.8 Å². The molecule has 6 heteroatoms. The highest BCUT2D eigenvalue weighted by Crippen LogP contribution is 2.42. The van der Waals surface area contributed by atoms with Crippen LogP contribution in [0, 0.1) is 5.41 Å². The number of pyridine rings is 1. The minimum Gasteiger partial charge on any atom is -0.370 e. The van der Waals surface area contributed by atoms with E-state index in [-0.39, 0.29) is 5.41 Å². The van der Waals surface area contributed by atoms with Crippen LogP contribution in [0.5, 0.6) is 0 Å². The first-order valence-electron chi connectivity index (χ1n) is 7.35. The molecule has 2 saturated heterocycles. The lowest BCUT2D eigenvalue weighted by Gasteiger charge is -2.41. The Bertz CT molecular complexity index is 784. The first-order valence-corrected chi connectivity index (χ1v) is 10.0. The molecule has 0 bridgehead atoms. The normalized spacial score (nSPS) is 28.5. The van der Waals surface area contributed by atoms with Gasteiger partial charge in [0.25, 0.3) is 0 Å². The van der Waals surface area contributed by atoms with Gasteiger partial charge in [-0.3, -0.25) is 4.98 Å². The van der Waals surface area contributed by atoms with Crippen molar-refractivity contribution in [1.82, 2.24) is 4.98 Å². The summed E-state index contributed by atoms with van der Waals surface area (Å²) in [6, 6.07) is 4.12. The number of aromatic nitrogens is 1. The van der Waals surface area contributed by atoms with Gasteiger partial charge in [-0.15, -0.1) is 11.3 Å². The molecule has 0 saturated carbocycles. The molecule has 0 aliphatic carbocycles. The van der Waals surface area contributed by atoms with E-state index in [0.717, 1.165) is 37.9 Å². The zero-order valence-corrected chi connectivity index (χ0v) is 13.4. The number of fused-ring (bicyclic) bond motifs is 1. The van der Waals surface area contributed by atoms with Crippen molar-refractivity contribution in [3.8, 4) is 0 Å². The van der Waals surface area contributed by atoms with E-state index in [1.807, 2.05) is 12.3 Å². The van der Waals surface area contributed by atoms with Crippen LogP contribution in [0.15, 0.2) is 23.7 Å². The van der Waals surface area contributed by atoms with Crippen LogP contribution >= 0.6 is 11.3 Å². The van der Waals surface area contributed by atoms with Crippen molar-refractivity contribution in [2.75, 3.05) is 29.5 Å². The lowest BCUT2D eigenvalue weighted by molar-refractivity contribution is 0.270. The molecule has 2 aliphatic rings. The van der Waals surface area contributed by atoms with Crippen LogP contribution in [0.1, 0.15) is 19.3 Å². The number of anilines is 1. The first-order chi connectivity index (χ1) is 10.1. The predicted octanol–water partition coefficient (Wildman–Crippen LogP) is 2.70. The zero-order chi connectivity index (χ0) is 14.5. The summed E-state index contributed by atoms with van der Waals surface area (Å²) in [5.74, 6) is 0.737. The second-order valence-corrected chi connectivity index (χ2v) is 9.43. The molecule has 4 heterocycles. The molecule has 2 aromatic rings. The molecule has 2 fully saturated rings. The van der Waals surface area contributed by atoms with Gasteiger partial charge in [0.2, 0.25) is 0 Å². The maximum absolute atomic E-state index is 11.9. The highest BCUT2D eigenvalue weighted by Gasteiger charge is 2.44. The summed E-state index contributed by atoms with van der Waals surface area (Å²) in [6.07, 6.45) is 4.80. The molecule has 1 unspecified atom stereocenters. The summed E-state index contributed by atoms with van der Waals surface area (Å²) in [5, 5.41) is 2.07. The Morgan fingerprint density at radius 2 is 2.19 bits per heavy atom. The van der Waals surface area contributed by atoms with Crippen LogP contribution in [0.2, 0.25) is 0 Å². The van der Waals surface area contributed by atoms with Gasteiger partial charge in [-0.1, -0.05) is 0 Å². The highest BCUT2D eigenvalue weighted by molar-refractivity contribution is 7.91. The zero-order valence-electron chi connectivity index (χ0n) is 11.8. The summed E-state index contributed by atoms with van der Waals surface area (Å²) < 4.78 is 25.0. The average molecular weight is 322 g/mol. The van der Waals surface area contributed by atoms with E-state index in [4.69, 9.17) is 0 Å². The van der Waals surface area contributed by atoms with Gasteiger partial charge in [-0.25, -0.2) is 8.42 Å². The fourth-order valence-corrected chi connectivity index (χ4v) is 6.92. The van der Waals surface area contributed by atoms with Crippen LogP contribution in [0.3, 0.4) is 0 Å². The summed E-state index contributed by atoms with van der Waals surface area (Å²) in [6.45, 7) is 1.88. The summed E-state index contributed by atoms with van der Waals surface area (Å²) in [7, 11) is -2.83. The summed E-state index contributed by atoms with van der Waals surface area (Å²) in [4.78, 5) is 6.78.